The van der Waals surface area contributed by atoms with Crippen molar-refractivity contribution < 1.29 is 14.4 Å². The molecule has 0 aliphatic heterocycles. The molecule has 7 heteroatoms. The summed E-state index contributed by atoms with van der Waals surface area (Å²) in [6, 6.07) is 17.3. The lowest BCUT2D eigenvalue weighted by Gasteiger charge is -2.09. The minimum absolute atomic E-state index is 0.0491. The van der Waals surface area contributed by atoms with Gasteiger partial charge in [0.1, 0.15) is 0 Å². The van der Waals surface area contributed by atoms with Crippen molar-refractivity contribution in [1.29, 1.82) is 0 Å². The first kappa shape index (κ1) is 18.9. The second kappa shape index (κ2) is 8.28. The molecule has 3 amide bonds. The highest BCUT2D eigenvalue weighted by Crippen LogP contribution is 2.30. The van der Waals surface area contributed by atoms with Gasteiger partial charge in [-0.3, -0.25) is 14.4 Å². The first-order valence-electron chi connectivity index (χ1n) is 9.26. The van der Waals surface area contributed by atoms with E-state index in [-0.39, 0.29) is 23.6 Å². The first-order chi connectivity index (χ1) is 14.1. The molecule has 0 saturated heterocycles. The normalized spacial score (nSPS) is 12.8. The molecule has 6 nitrogen and oxygen atoms in total. The van der Waals surface area contributed by atoms with Crippen LogP contribution in [-0.2, 0) is 4.79 Å². The Hall–Kier alpha value is -3.45. The number of hydrogen-bond donors (Lipinski definition) is 3. The van der Waals surface area contributed by atoms with E-state index in [1.54, 1.807) is 54.6 Å². The molecule has 2 aromatic carbocycles. The SMILES string of the molecule is O=C(Nc1ccc(NC(=O)C2CC2)cc1)c1ccc(NC(=O)c2cccs2)cc1. The average Bonchev–Trinajstić information content (AvgIpc) is 3.44. The number of amides is 3. The molecule has 1 saturated carbocycles. The van der Waals surface area contributed by atoms with Crippen molar-refractivity contribution in [3.63, 3.8) is 0 Å². The molecule has 1 aliphatic carbocycles. The van der Waals surface area contributed by atoms with Crippen LogP contribution in [0.2, 0.25) is 0 Å². The maximum atomic E-state index is 12.4. The lowest BCUT2D eigenvalue weighted by atomic mass is 10.2. The summed E-state index contributed by atoms with van der Waals surface area (Å²) in [7, 11) is 0. The molecule has 0 unspecified atom stereocenters. The largest absolute Gasteiger partial charge is 0.326 e. The van der Waals surface area contributed by atoms with Gasteiger partial charge in [0.25, 0.3) is 11.8 Å². The van der Waals surface area contributed by atoms with Gasteiger partial charge >= 0.3 is 0 Å². The summed E-state index contributed by atoms with van der Waals surface area (Å²) in [5, 5.41) is 10.3. The molecule has 0 bridgehead atoms. The van der Waals surface area contributed by atoms with E-state index in [1.807, 2.05) is 11.4 Å². The third-order valence-electron chi connectivity index (χ3n) is 4.51. The molecule has 1 aromatic heterocycles. The maximum Gasteiger partial charge on any atom is 0.265 e. The number of nitrogens with one attached hydrogen (secondary N) is 3. The number of carbonyl (C=O) groups excluding carboxylic acids is 3. The van der Waals surface area contributed by atoms with Crippen LogP contribution in [0.3, 0.4) is 0 Å². The summed E-state index contributed by atoms with van der Waals surface area (Å²) in [5.41, 5.74) is 2.45. The Balaban J connectivity index is 1.33. The van der Waals surface area contributed by atoms with Crippen molar-refractivity contribution in [2.24, 2.45) is 5.92 Å². The smallest absolute Gasteiger partial charge is 0.265 e. The number of carbonyl (C=O) groups is 3. The summed E-state index contributed by atoms with van der Waals surface area (Å²) in [6.07, 6.45) is 1.91. The van der Waals surface area contributed by atoms with E-state index in [9.17, 15) is 14.4 Å². The van der Waals surface area contributed by atoms with Crippen LogP contribution in [-0.4, -0.2) is 17.7 Å². The molecule has 1 aliphatic rings. The second-order valence-corrected chi connectivity index (χ2v) is 7.75. The van der Waals surface area contributed by atoms with Gasteiger partial charge in [0.05, 0.1) is 4.88 Å². The molecular formula is C22H19N3O3S. The van der Waals surface area contributed by atoms with Crippen LogP contribution in [0.5, 0.6) is 0 Å². The standard InChI is InChI=1S/C22H19N3O3S/c26-20(14-3-4-14)23-17-9-11-18(12-10-17)24-21(27)15-5-7-16(8-6-15)25-22(28)19-2-1-13-29-19/h1-2,5-14H,3-4H2,(H,23,26)(H,24,27)(H,25,28). The summed E-state index contributed by atoms with van der Waals surface area (Å²) >= 11 is 1.37. The van der Waals surface area contributed by atoms with Crippen molar-refractivity contribution in [2.45, 2.75) is 12.8 Å². The summed E-state index contributed by atoms with van der Waals surface area (Å²) in [4.78, 5) is 36.9. The van der Waals surface area contributed by atoms with Gasteiger partial charge in [-0.2, -0.15) is 0 Å². The van der Waals surface area contributed by atoms with Crippen LogP contribution in [0, 0.1) is 5.92 Å². The Morgan fingerprint density at radius 3 is 1.83 bits per heavy atom. The average molecular weight is 405 g/mol. The van der Waals surface area contributed by atoms with Crippen molar-refractivity contribution in [3.05, 3.63) is 76.5 Å². The van der Waals surface area contributed by atoms with E-state index in [1.165, 1.54) is 11.3 Å². The van der Waals surface area contributed by atoms with E-state index < -0.39 is 0 Å². The number of anilines is 3. The predicted octanol–water partition coefficient (Wildman–Crippen LogP) is 4.60. The lowest BCUT2D eigenvalue weighted by molar-refractivity contribution is -0.117. The molecule has 1 fully saturated rings. The molecule has 29 heavy (non-hydrogen) atoms. The second-order valence-electron chi connectivity index (χ2n) is 6.80. The molecule has 0 radical (unpaired) electrons. The maximum absolute atomic E-state index is 12.4. The third-order valence-corrected chi connectivity index (χ3v) is 5.38. The van der Waals surface area contributed by atoms with Crippen LogP contribution in [0.15, 0.2) is 66.0 Å². The molecule has 1 heterocycles. The lowest BCUT2D eigenvalue weighted by Crippen LogP contribution is -2.14. The van der Waals surface area contributed by atoms with E-state index in [0.717, 1.165) is 12.8 Å². The van der Waals surface area contributed by atoms with Crippen molar-refractivity contribution in [1.82, 2.24) is 0 Å². The quantitative estimate of drug-likeness (QED) is 0.560. The van der Waals surface area contributed by atoms with Crippen molar-refractivity contribution >= 4 is 46.1 Å². The highest BCUT2D eigenvalue weighted by molar-refractivity contribution is 7.12. The van der Waals surface area contributed by atoms with Crippen molar-refractivity contribution in [2.75, 3.05) is 16.0 Å². The Morgan fingerprint density at radius 2 is 1.28 bits per heavy atom. The molecule has 0 atom stereocenters. The summed E-state index contributed by atoms with van der Waals surface area (Å²) < 4.78 is 0. The van der Waals surface area contributed by atoms with Crippen LogP contribution in [0.25, 0.3) is 0 Å². The van der Waals surface area contributed by atoms with Gasteiger partial charge in [0.2, 0.25) is 5.91 Å². The first-order valence-corrected chi connectivity index (χ1v) is 10.1. The van der Waals surface area contributed by atoms with Gasteiger partial charge in [-0.25, -0.2) is 0 Å². The number of hydrogen-bond acceptors (Lipinski definition) is 4. The fraction of sp³-hybridized carbons (Fsp3) is 0.136. The summed E-state index contributed by atoms with van der Waals surface area (Å²) in [6.45, 7) is 0. The van der Waals surface area contributed by atoms with E-state index in [0.29, 0.717) is 27.5 Å². The van der Waals surface area contributed by atoms with E-state index in [2.05, 4.69) is 16.0 Å². The fourth-order valence-electron chi connectivity index (χ4n) is 2.74. The van der Waals surface area contributed by atoms with Gasteiger partial charge in [-0.1, -0.05) is 6.07 Å². The number of thiophene rings is 1. The topological polar surface area (TPSA) is 87.3 Å². The Labute approximate surface area is 172 Å². The van der Waals surface area contributed by atoms with Gasteiger partial charge < -0.3 is 16.0 Å². The third kappa shape index (κ3) is 4.89. The highest BCUT2D eigenvalue weighted by atomic mass is 32.1. The zero-order valence-corrected chi connectivity index (χ0v) is 16.3. The van der Waals surface area contributed by atoms with Crippen molar-refractivity contribution in [3.8, 4) is 0 Å². The van der Waals surface area contributed by atoms with Crippen LogP contribution in [0.4, 0.5) is 17.1 Å². The minimum Gasteiger partial charge on any atom is -0.326 e. The molecule has 4 rings (SSSR count). The molecular weight excluding hydrogens is 386 g/mol. The Morgan fingerprint density at radius 1 is 0.724 bits per heavy atom. The highest BCUT2D eigenvalue weighted by Gasteiger charge is 2.29. The minimum atomic E-state index is -0.254. The number of benzene rings is 2. The predicted molar refractivity (Wildman–Crippen MR) is 114 cm³/mol. The number of rotatable bonds is 6. The Bertz CT molecular complexity index is 1020. The van der Waals surface area contributed by atoms with Gasteiger partial charge in [0.15, 0.2) is 0 Å². The van der Waals surface area contributed by atoms with Gasteiger partial charge in [0, 0.05) is 28.5 Å². The molecule has 3 aromatic rings. The molecule has 146 valence electrons. The monoisotopic (exact) mass is 405 g/mol. The van der Waals surface area contributed by atoms with Gasteiger partial charge in [-0.05, 0) is 72.8 Å². The van der Waals surface area contributed by atoms with E-state index >= 15 is 0 Å². The van der Waals surface area contributed by atoms with Crippen LogP contribution in [0.1, 0.15) is 32.9 Å². The zero-order valence-electron chi connectivity index (χ0n) is 15.5. The zero-order chi connectivity index (χ0) is 20.2. The molecule has 0 spiro atoms. The van der Waals surface area contributed by atoms with Crippen LogP contribution < -0.4 is 16.0 Å². The Kier molecular flexibility index (Phi) is 5.39. The summed E-state index contributed by atoms with van der Waals surface area (Å²) in [5.74, 6) is -0.234. The van der Waals surface area contributed by atoms with Crippen LogP contribution >= 0.6 is 11.3 Å². The van der Waals surface area contributed by atoms with Gasteiger partial charge in [-0.15, -0.1) is 11.3 Å². The van der Waals surface area contributed by atoms with E-state index in [4.69, 9.17) is 0 Å². The fourth-order valence-corrected chi connectivity index (χ4v) is 3.35. The molecule has 3 N–H and O–H groups in total.